The molecule has 3 nitrogen and oxygen atoms in total. The predicted octanol–water partition coefficient (Wildman–Crippen LogP) is 3.32. The summed E-state index contributed by atoms with van der Waals surface area (Å²) in [7, 11) is 0. The van der Waals surface area contributed by atoms with Crippen LogP contribution in [0.2, 0.25) is 0 Å². The second kappa shape index (κ2) is 8.57. The van der Waals surface area contributed by atoms with Gasteiger partial charge >= 0.3 is 0 Å². The number of carbonyl (C=O) groups is 1. The van der Waals surface area contributed by atoms with Crippen LogP contribution in [0.1, 0.15) is 45.6 Å². The summed E-state index contributed by atoms with van der Waals surface area (Å²) in [6, 6.07) is 8.38. The first kappa shape index (κ1) is 15.5. The Morgan fingerprint density at radius 3 is 2.53 bits per heavy atom. The van der Waals surface area contributed by atoms with Crippen LogP contribution in [-0.4, -0.2) is 18.6 Å². The van der Waals surface area contributed by atoms with Crippen molar-refractivity contribution in [3.63, 3.8) is 0 Å². The molecule has 106 valence electrons. The first-order valence-electron chi connectivity index (χ1n) is 7.16. The number of carbonyl (C=O) groups excluding carboxylic acids is 1. The Kier molecular flexibility index (Phi) is 7.01. The molecule has 0 aliphatic carbocycles. The van der Waals surface area contributed by atoms with Gasteiger partial charge in [0.1, 0.15) is 5.75 Å². The van der Waals surface area contributed by atoms with Gasteiger partial charge in [-0.2, -0.15) is 0 Å². The lowest BCUT2D eigenvalue weighted by Gasteiger charge is -2.11. The van der Waals surface area contributed by atoms with Crippen LogP contribution in [0.3, 0.4) is 0 Å². The van der Waals surface area contributed by atoms with E-state index in [-0.39, 0.29) is 11.9 Å². The van der Waals surface area contributed by atoms with E-state index < -0.39 is 0 Å². The van der Waals surface area contributed by atoms with E-state index >= 15 is 0 Å². The number of benzene rings is 1. The third kappa shape index (κ3) is 6.27. The van der Waals surface area contributed by atoms with Gasteiger partial charge in [-0.1, -0.05) is 26.0 Å². The van der Waals surface area contributed by atoms with Crippen molar-refractivity contribution in [2.24, 2.45) is 0 Å². The molecule has 1 aromatic rings. The summed E-state index contributed by atoms with van der Waals surface area (Å²) in [6.45, 7) is 6.79. The van der Waals surface area contributed by atoms with Crippen molar-refractivity contribution in [1.29, 1.82) is 0 Å². The van der Waals surface area contributed by atoms with E-state index in [4.69, 9.17) is 4.74 Å². The Morgan fingerprint density at radius 2 is 1.95 bits per heavy atom. The number of aryl methyl sites for hydroxylation is 1. The highest BCUT2D eigenvalue weighted by atomic mass is 16.5. The molecule has 0 saturated carbocycles. The van der Waals surface area contributed by atoms with Gasteiger partial charge in [0.2, 0.25) is 5.91 Å². The van der Waals surface area contributed by atoms with Crippen LogP contribution in [0.5, 0.6) is 5.75 Å². The van der Waals surface area contributed by atoms with Gasteiger partial charge in [-0.05, 0) is 43.9 Å². The molecular weight excluding hydrogens is 238 g/mol. The zero-order valence-corrected chi connectivity index (χ0v) is 12.2. The van der Waals surface area contributed by atoms with Crippen LogP contribution >= 0.6 is 0 Å². The Bertz CT molecular complexity index is 373. The van der Waals surface area contributed by atoms with Crippen molar-refractivity contribution < 1.29 is 9.53 Å². The van der Waals surface area contributed by atoms with Gasteiger partial charge in [0.05, 0.1) is 6.61 Å². The minimum Gasteiger partial charge on any atom is -0.494 e. The Labute approximate surface area is 116 Å². The van der Waals surface area contributed by atoms with Crippen LogP contribution in [0, 0.1) is 0 Å². The minimum absolute atomic E-state index is 0.110. The molecule has 0 fully saturated rings. The first-order valence-corrected chi connectivity index (χ1v) is 7.16. The third-order valence-electron chi connectivity index (χ3n) is 3.17. The molecule has 1 atom stereocenters. The summed E-state index contributed by atoms with van der Waals surface area (Å²) in [4.78, 5) is 11.5. The summed E-state index contributed by atoms with van der Waals surface area (Å²) >= 11 is 0. The van der Waals surface area contributed by atoms with Crippen molar-refractivity contribution in [3.05, 3.63) is 29.8 Å². The average molecular weight is 263 g/mol. The van der Waals surface area contributed by atoms with Gasteiger partial charge in [-0.15, -0.1) is 0 Å². The molecule has 1 rings (SSSR count). The van der Waals surface area contributed by atoms with Gasteiger partial charge in [-0.3, -0.25) is 4.79 Å². The fraction of sp³-hybridized carbons (Fsp3) is 0.562. The van der Waals surface area contributed by atoms with Gasteiger partial charge in [0.15, 0.2) is 0 Å². The highest BCUT2D eigenvalue weighted by molar-refractivity contribution is 5.76. The minimum atomic E-state index is 0.110. The largest absolute Gasteiger partial charge is 0.494 e. The fourth-order valence-corrected chi connectivity index (χ4v) is 1.69. The highest BCUT2D eigenvalue weighted by Crippen LogP contribution is 2.12. The maximum absolute atomic E-state index is 11.5. The molecule has 0 aromatic heterocycles. The first-order chi connectivity index (χ1) is 9.15. The highest BCUT2D eigenvalue weighted by Gasteiger charge is 2.05. The molecule has 1 unspecified atom stereocenters. The Morgan fingerprint density at radius 1 is 1.26 bits per heavy atom. The van der Waals surface area contributed by atoms with Crippen LogP contribution in [0.4, 0.5) is 0 Å². The Balaban J connectivity index is 2.17. The summed E-state index contributed by atoms with van der Waals surface area (Å²) in [5.74, 6) is 0.985. The third-order valence-corrected chi connectivity index (χ3v) is 3.17. The maximum Gasteiger partial charge on any atom is 0.220 e. The lowest BCUT2D eigenvalue weighted by Crippen LogP contribution is -2.31. The Hall–Kier alpha value is -1.51. The summed E-state index contributed by atoms with van der Waals surface area (Å²) in [5.41, 5.74) is 1.31. The van der Waals surface area contributed by atoms with Crippen molar-refractivity contribution in [3.8, 4) is 5.75 Å². The molecule has 0 radical (unpaired) electrons. The van der Waals surface area contributed by atoms with E-state index in [0.717, 1.165) is 25.0 Å². The number of ether oxygens (including phenoxy) is 1. The van der Waals surface area contributed by atoms with Gasteiger partial charge in [0.25, 0.3) is 0 Å². The molecule has 1 amide bonds. The van der Waals surface area contributed by atoms with Crippen molar-refractivity contribution in [2.45, 2.75) is 52.5 Å². The van der Waals surface area contributed by atoms with Gasteiger partial charge in [-0.25, -0.2) is 0 Å². The smallest absolute Gasteiger partial charge is 0.220 e. The molecular formula is C16H25NO2. The van der Waals surface area contributed by atoms with Crippen LogP contribution in [0.25, 0.3) is 0 Å². The van der Waals surface area contributed by atoms with Crippen LogP contribution in [0.15, 0.2) is 24.3 Å². The summed E-state index contributed by atoms with van der Waals surface area (Å²) in [6.07, 6.45) is 3.28. The van der Waals surface area contributed by atoms with E-state index in [1.54, 1.807) is 0 Å². The average Bonchev–Trinajstić information content (AvgIpc) is 2.44. The van der Waals surface area contributed by atoms with Crippen LogP contribution in [-0.2, 0) is 11.2 Å². The number of rotatable bonds is 8. The molecule has 1 aromatic carbocycles. The lowest BCUT2D eigenvalue weighted by atomic mass is 10.2. The quantitative estimate of drug-likeness (QED) is 0.731. The molecule has 0 aliphatic rings. The molecule has 0 heterocycles. The predicted molar refractivity (Wildman–Crippen MR) is 78.4 cm³/mol. The van der Waals surface area contributed by atoms with Gasteiger partial charge < -0.3 is 10.1 Å². The standard InChI is InChI=1S/C16H25NO2/c1-4-13(3)17-16(18)7-6-12-19-15-10-8-14(5-2)9-11-15/h8-11,13H,4-7,12H2,1-3H3,(H,17,18). The molecule has 19 heavy (non-hydrogen) atoms. The second-order valence-corrected chi connectivity index (χ2v) is 4.83. The normalized spacial score (nSPS) is 11.9. The van der Waals surface area contributed by atoms with Crippen molar-refractivity contribution >= 4 is 5.91 Å². The topological polar surface area (TPSA) is 38.3 Å². The van der Waals surface area contributed by atoms with Crippen molar-refractivity contribution in [2.75, 3.05) is 6.61 Å². The zero-order chi connectivity index (χ0) is 14.1. The molecule has 0 aliphatic heterocycles. The van der Waals surface area contributed by atoms with Crippen molar-refractivity contribution in [1.82, 2.24) is 5.32 Å². The monoisotopic (exact) mass is 263 g/mol. The van der Waals surface area contributed by atoms with Crippen LogP contribution < -0.4 is 10.1 Å². The van der Waals surface area contributed by atoms with E-state index in [0.29, 0.717) is 13.0 Å². The van der Waals surface area contributed by atoms with E-state index in [1.807, 2.05) is 19.1 Å². The maximum atomic E-state index is 11.5. The summed E-state index contributed by atoms with van der Waals surface area (Å²) in [5, 5.41) is 2.95. The molecule has 1 N–H and O–H groups in total. The van der Waals surface area contributed by atoms with Gasteiger partial charge in [0, 0.05) is 12.5 Å². The molecule has 0 saturated heterocycles. The number of hydrogen-bond acceptors (Lipinski definition) is 2. The number of nitrogens with one attached hydrogen (secondary N) is 1. The zero-order valence-electron chi connectivity index (χ0n) is 12.2. The van der Waals surface area contributed by atoms with E-state index in [1.165, 1.54) is 5.56 Å². The number of hydrogen-bond donors (Lipinski definition) is 1. The van der Waals surface area contributed by atoms with E-state index in [9.17, 15) is 4.79 Å². The SMILES string of the molecule is CCc1ccc(OCCCC(=O)NC(C)CC)cc1. The second-order valence-electron chi connectivity index (χ2n) is 4.83. The van der Waals surface area contributed by atoms with E-state index in [2.05, 4.69) is 31.3 Å². The molecule has 3 heteroatoms. The lowest BCUT2D eigenvalue weighted by molar-refractivity contribution is -0.121. The molecule has 0 spiro atoms. The molecule has 0 bridgehead atoms. The summed E-state index contributed by atoms with van der Waals surface area (Å²) < 4.78 is 5.61. The fourth-order valence-electron chi connectivity index (χ4n) is 1.69. The number of amides is 1.